The van der Waals surface area contributed by atoms with Gasteiger partial charge in [0.15, 0.2) is 0 Å². The Labute approximate surface area is 146 Å². The molecule has 0 bridgehead atoms. The molecule has 0 saturated heterocycles. The Morgan fingerprint density at radius 2 is 1.80 bits per heavy atom. The number of hydrogen-bond acceptors (Lipinski definition) is 3. The number of benzene rings is 3. The maximum atomic E-state index is 12.1. The van der Waals surface area contributed by atoms with Gasteiger partial charge in [-0.2, -0.15) is 5.10 Å². The Hall–Kier alpha value is -3.40. The minimum absolute atomic E-state index is 0.271. The molecule has 0 radical (unpaired) electrons. The zero-order valence-corrected chi connectivity index (χ0v) is 13.7. The number of ether oxygens (including phenoxy) is 1. The van der Waals surface area contributed by atoms with Crippen molar-refractivity contribution in [2.24, 2.45) is 5.10 Å². The second kappa shape index (κ2) is 7.93. The fraction of sp³-hybridized carbons (Fsp3) is 0.0476. The predicted molar refractivity (Wildman–Crippen MR) is 101 cm³/mol. The number of fused-ring (bicyclic) bond motifs is 1. The van der Waals surface area contributed by atoms with E-state index in [0.717, 1.165) is 10.9 Å². The molecule has 0 atom stereocenters. The SMILES string of the molecule is C=CCOc1ccc(C(=O)N/N=C/c2ccc3ccccc3c2)cc1. The highest BCUT2D eigenvalue weighted by Crippen LogP contribution is 2.14. The van der Waals surface area contributed by atoms with E-state index < -0.39 is 0 Å². The molecule has 0 aliphatic carbocycles. The van der Waals surface area contributed by atoms with Crippen LogP contribution < -0.4 is 10.2 Å². The summed E-state index contributed by atoms with van der Waals surface area (Å²) in [4.78, 5) is 12.1. The lowest BCUT2D eigenvalue weighted by molar-refractivity contribution is 0.0955. The highest BCUT2D eigenvalue weighted by atomic mass is 16.5. The standard InChI is InChI=1S/C21H18N2O2/c1-2-13-25-20-11-9-18(10-12-20)21(24)23-22-15-16-7-8-17-5-3-4-6-19(17)14-16/h2-12,14-15H,1,13H2,(H,23,24)/b22-15+. The summed E-state index contributed by atoms with van der Waals surface area (Å²) in [6.07, 6.45) is 3.30. The zero-order chi connectivity index (χ0) is 17.5. The van der Waals surface area contributed by atoms with Crippen molar-refractivity contribution in [1.29, 1.82) is 0 Å². The van der Waals surface area contributed by atoms with Crippen LogP contribution in [0.1, 0.15) is 15.9 Å². The maximum Gasteiger partial charge on any atom is 0.271 e. The van der Waals surface area contributed by atoms with Crippen LogP contribution >= 0.6 is 0 Å². The van der Waals surface area contributed by atoms with Crippen LogP contribution in [0.25, 0.3) is 10.8 Å². The third kappa shape index (κ3) is 4.32. The van der Waals surface area contributed by atoms with Gasteiger partial charge in [0.25, 0.3) is 5.91 Å². The Bertz CT molecular complexity index is 915. The summed E-state index contributed by atoms with van der Waals surface area (Å²) in [5.74, 6) is 0.420. The molecular formula is C21H18N2O2. The highest BCUT2D eigenvalue weighted by molar-refractivity contribution is 5.95. The van der Waals surface area contributed by atoms with E-state index in [1.165, 1.54) is 5.39 Å². The number of rotatable bonds is 6. The van der Waals surface area contributed by atoms with Gasteiger partial charge in [-0.25, -0.2) is 5.43 Å². The zero-order valence-electron chi connectivity index (χ0n) is 13.7. The van der Waals surface area contributed by atoms with Crippen molar-refractivity contribution in [3.8, 4) is 5.75 Å². The summed E-state index contributed by atoms with van der Waals surface area (Å²) in [6.45, 7) is 4.02. The third-order valence-electron chi connectivity index (χ3n) is 3.64. The molecule has 0 heterocycles. The second-order valence-electron chi connectivity index (χ2n) is 5.43. The van der Waals surface area contributed by atoms with Gasteiger partial charge in [0.1, 0.15) is 12.4 Å². The molecule has 0 aliphatic rings. The Balaban J connectivity index is 1.62. The maximum absolute atomic E-state index is 12.1. The van der Waals surface area contributed by atoms with E-state index in [-0.39, 0.29) is 5.91 Å². The molecule has 0 spiro atoms. The van der Waals surface area contributed by atoms with Gasteiger partial charge in [0.2, 0.25) is 0 Å². The summed E-state index contributed by atoms with van der Waals surface area (Å²) in [5.41, 5.74) is 3.97. The van der Waals surface area contributed by atoms with Gasteiger partial charge < -0.3 is 4.74 Å². The number of nitrogens with zero attached hydrogens (tertiary/aromatic N) is 1. The second-order valence-corrected chi connectivity index (χ2v) is 5.43. The van der Waals surface area contributed by atoms with Gasteiger partial charge in [-0.3, -0.25) is 4.79 Å². The molecule has 124 valence electrons. The van der Waals surface area contributed by atoms with Gasteiger partial charge >= 0.3 is 0 Å². The van der Waals surface area contributed by atoms with Crippen molar-refractivity contribution in [3.63, 3.8) is 0 Å². The van der Waals surface area contributed by atoms with E-state index in [0.29, 0.717) is 17.9 Å². The molecule has 0 fully saturated rings. The number of carbonyl (C=O) groups is 1. The van der Waals surface area contributed by atoms with Gasteiger partial charge in [0.05, 0.1) is 6.21 Å². The van der Waals surface area contributed by atoms with Crippen molar-refractivity contribution in [2.45, 2.75) is 0 Å². The lowest BCUT2D eigenvalue weighted by Gasteiger charge is -2.04. The highest BCUT2D eigenvalue weighted by Gasteiger charge is 2.04. The van der Waals surface area contributed by atoms with E-state index in [9.17, 15) is 4.79 Å². The van der Waals surface area contributed by atoms with Gasteiger partial charge in [-0.15, -0.1) is 0 Å². The minimum Gasteiger partial charge on any atom is -0.490 e. The summed E-state index contributed by atoms with van der Waals surface area (Å²) in [7, 11) is 0. The quantitative estimate of drug-likeness (QED) is 0.419. The van der Waals surface area contributed by atoms with Crippen molar-refractivity contribution in [1.82, 2.24) is 5.43 Å². The molecule has 1 amide bonds. The Morgan fingerprint density at radius 1 is 1.04 bits per heavy atom. The first kappa shape index (κ1) is 16.5. The van der Waals surface area contributed by atoms with Crippen molar-refractivity contribution >= 4 is 22.9 Å². The van der Waals surface area contributed by atoms with E-state index >= 15 is 0 Å². The molecule has 1 N–H and O–H groups in total. The van der Waals surface area contributed by atoms with Crippen LogP contribution in [0.4, 0.5) is 0 Å². The predicted octanol–water partition coefficient (Wildman–Crippen LogP) is 4.17. The van der Waals surface area contributed by atoms with E-state index in [1.54, 1.807) is 36.6 Å². The first-order valence-electron chi connectivity index (χ1n) is 7.92. The first-order chi connectivity index (χ1) is 12.3. The first-order valence-corrected chi connectivity index (χ1v) is 7.92. The number of amides is 1. The lowest BCUT2D eigenvalue weighted by atomic mass is 10.1. The normalized spacial score (nSPS) is 10.7. The number of nitrogens with one attached hydrogen (secondary N) is 1. The van der Waals surface area contributed by atoms with Crippen molar-refractivity contribution in [3.05, 3.63) is 90.5 Å². The molecule has 3 rings (SSSR count). The van der Waals surface area contributed by atoms with Crippen LogP contribution in [0.2, 0.25) is 0 Å². The molecule has 4 nitrogen and oxygen atoms in total. The minimum atomic E-state index is -0.271. The summed E-state index contributed by atoms with van der Waals surface area (Å²) in [5, 5.41) is 6.33. The average Bonchev–Trinajstić information content (AvgIpc) is 2.66. The van der Waals surface area contributed by atoms with Crippen molar-refractivity contribution in [2.75, 3.05) is 6.61 Å². The van der Waals surface area contributed by atoms with Crippen LogP contribution in [0.3, 0.4) is 0 Å². The molecule has 3 aromatic rings. The smallest absolute Gasteiger partial charge is 0.271 e. The summed E-state index contributed by atoms with van der Waals surface area (Å²) < 4.78 is 5.38. The average molecular weight is 330 g/mol. The molecule has 0 unspecified atom stereocenters. The fourth-order valence-corrected chi connectivity index (χ4v) is 2.38. The molecule has 0 saturated carbocycles. The topological polar surface area (TPSA) is 50.7 Å². The fourth-order valence-electron chi connectivity index (χ4n) is 2.38. The largest absolute Gasteiger partial charge is 0.490 e. The number of hydrazone groups is 1. The lowest BCUT2D eigenvalue weighted by Crippen LogP contribution is -2.17. The van der Waals surface area contributed by atoms with Crippen LogP contribution in [0.15, 0.2) is 84.5 Å². The van der Waals surface area contributed by atoms with Gasteiger partial charge in [0, 0.05) is 5.56 Å². The van der Waals surface area contributed by atoms with E-state index in [1.807, 2.05) is 36.4 Å². The Kier molecular flexibility index (Phi) is 5.22. The molecule has 25 heavy (non-hydrogen) atoms. The van der Waals surface area contributed by atoms with Crippen LogP contribution in [0.5, 0.6) is 5.75 Å². The van der Waals surface area contributed by atoms with Crippen LogP contribution in [-0.2, 0) is 0 Å². The van der Waals surface area contributed by atoms with Crippen LogP contribution in [-0.4, -0.2) is 18.7 Å². The molecule has 0 aromatic heterocycles. The van der Waals surface area contributed by atoms with Crippen molar-refractivity contribution < 1.29 is 9.53 Å². The molecular weight excluding hydrogens is 312 g/mol. The van der Waals surface area contributed by atoms with E-state index in [2.05, 4.69) is 23.2 Å². The monoisotopic (exact) mass is 330 g/mol. The molecule has 4 heteroatoms. The van der Waals surface area contributed by atoms with Gasteiger partial charge in [-0.05, 0) is 46.7 Å². The van der Waals surface area contributed by atoms with Crippen LogP contribution in [0, 0.1) is 0 Å². The third-order valence-corrected chi connectivity index (χ3v) is 3.64. The summed E-state index contributed by atoms with van der Waals surface area (Å²) in [6, 6.07) is 21.0. The number of carbonyl (C=O) groups excluding carboxylic acids is 1. The van der Waals surface area contributed by atoms with Gasteiger partial charge in [-0.1, -0.05) is 49.1 Å². The Morgan fingerprint density at radius 3 is 2.56 bits per heavy atom. The number of hydrogen-bond donors (Lipinski definition) is 1. The summed E-state index contributed by atoms with van der Waals surface area (Å²) >= 11 is 0. The molecule has 0 aliphatic heterocycles. The molecule has 3 aromatic carbocycles. The van der Waals surface area contributed by atoms with E-state index in [4.69, 9.17) is 4.74 Å².